The molecule has 0 N–H and O–H groups in total. The van der Waals surface area contributed by atoms with Crippen molar-refractivity contribution in [2.24, 2.45) is 0 Å². The Morgan fingerprint density at radius 3 is 1.51 bits per heavy atom. The van der Waals surface area contributed by atoms with E-state index in [0.717, 1.165) is 129 Å². The van der Waals surface area contributed by atoms with Crippen LogP contribution >= 0.6 is 0 Å². The number of benzene rings is 11. The summed E-state index contributed by atoms with van der Waals surface area (Å²) in [6.07, 6.45) is 1.96. The summed E-state index contributed by atoms with van der Waals surface area (Å²) in [6.45, 7) is 4.77. The van der Waals surface area contributed by atoms with Crippen LogP contribution in [0.4, 0.5) is 34.1 Å². The van der Waals surface area contributed by atoms with E-state index in [1.54, 1.807) is 0 Å². The number of fused-ring (bicyclic) bond motifs is 14. The highest BCUT2D eigenvalue weighted by Gasteiger charge is 2.34. The van der Waals surface area contributed by atoms with E-state index in [9.17, 15) is 0 Å². The van der Waals surface area contributed by atoms with Crippen LogP contribution in [0.2, 0.25) is 0 Å². The van der Waals surface area contributed by atoms with E-state index >= 15 is 0 Å². The van der Waals surface area contributed by atoms with E-state index in [-0.39, 0.29) is 5.41 Å². The first kappa shape index (κ1) is 39.2. The summed E-state index contributed by atoms with van der Waals surface area (Å²) in [7, 11) is 0. The zero-order valence-corrected chi connectivity index (χ0v) is 38.7. The van der Waals surface area contributed by atoms with Crippen molar-refractivity contribution in [3.63, 3.8) is 0 Å². The smallest absolute Gasteiger partial charge is 0.143 e. The molecule has 0 saturated heterocycles. The van der Waals surface area contributed by atoms with Gasteiger partial charge in [0, 0.05) is 66.7 Å². The van der Waals surface area contributed by atoms with Gasteiger partial charge in [-0.1, -0.05) is 123 Å². The maximum Gasteiger partial charge on any atom is 0.143 e. The molecule has 0 radical (unpaired) electrons. The van der Waals surface area contributed by atoms with Gasteiger partial charge in [0.25, 0.3) is 0 Å². The van der Waals surface area contributed by atoms with E-state index in [2.05, 4.69) is 230 Å². The average Bonchev–Trinajstić information content (AvgIpc) is 4.10. The summed E-state index contributed by atoms with van der Waals surface area (Å²) in [5.41, 5.74) is 14.3. The van der Waals surface area contributed by atoms with Gasteiger partial charge in [-0.3, -0.25) is 0 Å². The number of nitrogens with zero attached hydrogens (tertiary/aromatic N) is 2. The normalized spacial score (nSPS) is 13.6. The van der Waals surface area contributed by atoms with Gasteiger partial charge in [0.2, 0.25) is 0 Å². The SMILES string of the molecule is CC1(C)CCc2cc(N(c3ccccc3)c3cccc4oc5c6ccccc6ccc5c34)cc3cc4c(oc5cc(N(c6ccccc6)c6cccc7oc8c9ccccc9ccc8c67)ccc54)c1c23. The number of hydrogen-bond donors (Lipinski definition) is 0. The van der Waals surface area contributed by atoms with Crippen LogP contribution in [0.1, 0.15) is 31.4 Å². The van der Waals surface area contributed by atoms with Crippen LogP contribution in [-0.2, 0) is 11.8 Å². The summed E-state index contributed by atoms with van der Waals surface area (Å²) in [5.74, 6) is 0. The van der Waals surface area contributed by atoms with Crippen molar-refractivity contribution in [1.29, 1.82) is 0 Å². The average molecular weight is 901 g/mol. The second-order valence-electron chi connectivity index (χ2n) is 19.7. The standard InChI is InChI=1S/C65H44N2O3/c1-65(2)34-33-41-35-46(67(44-19-7-4-8-20-44)54-24-14-26-56-60(54)51-31-28-40-16-10-12-22-48(40)63(51)69-56)36-42-37-52-49-32-29-45(38-57(49)70-64(52)61(65)58(41)42)66(43-17-5-3-6-18-43)53-23-13-25-55-59(53)50-30-27-39-15-9-11-21-47(39)62(50)68-55/h3-32,35-38H,33-34H2,1-2H3. The molecule has 11 aromatic carbocycles. The number of furan rings is 3. The lowest BCUT2D eigenvalue weighted by Crippen LogP contribution is -2.23. The second kappa shape index (κ2) is 14.6. The van der Waals surface area contributed by atoms with Crippen molar-refractivity contribution in [1.82, 2.24) is 0 Å². The summed E-state index contributed by atoms with van der Waals surface area (Å²) >= 11 is 0. The molecule has 70 heavy (non-hydrogen) atoms. The maximum atomic E-state index is 7.22. The van der Waals surface area contributed by atoms with Gasteiger partial charge in [0.1, 0.15) is 33.5 Å². The molecule has 1 aliphatic carbocycles. The molecule has 15 rings (SSSR count). The third-order valence-electron chi connectivity index (χ3n) is 15.2. The maximum absolute atomic E-state index is 7.22. The largest absolute Gasteiger partial charge is 0.456 e. The van der Waals surface area contributed by atoms with E-state index in [0.29, 0.717) is 0 Å². The Labute approximate surface area is 403 Å². The van der Waals surface area contributed by atoms with Crippen molar-refractivity contribution in [2.75, 3.05) is 9.80 Å². The number of hydrogen-bond acceptors (Lipinski definition) is 5. The Morgan fingerprint density at radius 2 is 0.900 bits per heavy atom. The lowest BCUT2D eigenvalue weighted by molar-refractivity contribution is 0.471. The molecule has 0 atom stereocenters. The number of rotatable bonds is 6. The van der Waals surface area contributed by atoms with E-state index < -0.39 is 0 Å². The third kappa shape index (κ3) is 5.66. The van der Waals surface area contributed by atoms with Crippen molar-refractivity contribution in [3.05, 3.63) is 217 Å². The molecular formula is C65H44N2O3. The van der Waals surface area contributed by atoms with Gasteiger partial charge in [-0.15, -0.1) is 0 Å². The molecule has 5 heteroatoms. The van der Waals surface area contributed by atoms with Crippen LogP contribution in [0.5, 0.6) is 0 Å². The molecule has 5 nitrogen and oxygen atoms in total. The lowest BCUT2D eigenvalue weighted by Gasteiger charge is -2.34. The van der Waals surface area contributed by atoms with Crippen LogP contribution in [0.15, 0.2) is 220 Å². The second-order valence-corrected chi connectivity index (χ2v) is 19.7. The highest BCUT2D eigenvalue weighted by Crippen LogP contribution is 2.52. The van der Waals surface area contributed by atoms with Gasteiger partial charge in [-0.05, 0) is 136 Å². The zero-order chi connectivity index (χ0) is 46.2. The summed E-state index contributed by atoms with van der Waals surface area (Å²) in [5, 5.41) is 13.7. The fourth-order valence-corrected chi connectivity index (χ4v) is 12.0. The monoisotopic (exact) mass is 900 g/mol. The lowest BCUT2D eigenvalue weighted by atomic mass is 9.71. The molecule has 332 valence electrons. The van der Waals surface area contributed by atoms with Gasteiger partial charge in [-0.25, -0.2) is 0 Å². The Morgan fingerprint density at radius 1 is 0.357 bits per heavy atom. The molecular weight excluding hydrogens is 857 g/mol. The summed E-state index contributed by atoms with van der Waals surface area (Å²) < 4.78 is 20.7. The topological polar surface area (TPSA) is 45.9 Å². The zero-order valence-electron chi connectivity index (χ0n) is 38.7. The first-order valence-electron chi connectivity index (χ1n) is 24.3. The number of aryl methyl sites for hydroxylation is 1. The Hall–Kier alpha value is -8.80. The molecule has 14 aromatic rings. The van der Waals surface area contributed by atoms with Gasteiger partial charge >= 0.3 is 0 Å². The van der Waals surface area contributed by atoms with E-state index in [1.807, 2.05) is 0 Å². The third-order valence-corrected chi connectivity index (χ3v) is 15.2. The quantitative estimate of drug-likeness (QED) is 0.166. The van der Waals surface area contributed by atoms with Crippen molar-refractivity contribution < 1.29 is 13.3 Å². The first-order chi connectivity index (χ1) is 34.4. The highest BCUT2D eigenvalue weighted by atomic mass is 16.3. The minimum Gasteiger partial charge on any atom is -0.456 e. The predicted molar refractivity (Wildman–Crippen MR) is 292 cm³/mol. The summed E-state index contributed by atoms with van der Waals surface area (Å²) in [6, 6.07) is 74.0. The summed E-state index contributed by atoms with van der Waals surface area (Å²) in [4.78, 5) is 4.77. The van der Waals surface area contributed by atoms with Gasteiger partial charge < -0.3 is 23.1 Å². The highest BCUT2D eigenvalue weighted by molar-refractivity contribution is 6.22. The Bertz CT molecular complexity index is 4460. The first-order valence-corrected chi connectivity index (χ1v) is 24.3. The van der Waals surface area contributed by atoms with Gasteiger partial charge in [-0.2, -0.15) is 0 Å². The van der Waals surface area contributed by atoms with E-state index in [1.165, 1.54) is 27.3 Å². The molecule has 0 aliphatic heterocycles. The predicted octanol–water partition coefficient (Wildman–Crippen LogP) is 19.0. The Balaban J connectivity index is 0.941. The van der Waals surface area contributed by atoms with Crippen molar-refractivity contribution >= 4 is 132 Å². The van der Waals surface area contributed by atoms with Crippen LogP contribution in [0.3, 0.4) is 0 Å². The molecule has 0 spiro atoms. The Kier molecular flexibility index (Phi) is 8.18. The molecule has 0 saturated carbocycles. The minimum atomic E-state index is -0.121. The molecule has 0 amide bonds. The molecule has 0 bridgehead atoms. The minimum absolute atomic E-state index is 0.121. The van der Waals surface area contributed by atoms with Crippen LogP contribution < -0.4 is 9.80 Å². The van der Waals surface area contributed by atoms with Crippen LogP contribution in [0, 0.1) is 0 Å². The molecule has 0 unspecified atom stereocenters. The van der Waals surface area contributed by atoms with Gasteiger partial charge in [0.05, 0.1) is 22.1 Å². The van der Waals surface area contributed by atoms with Crippen molar-refractivity contribution in [3.8, 4) is 0 Å². The fourth-order valence-electron chi connectivity index (χ4n) is 12.0. The number of para-hydroxylation sites is 2. The van der Waals surface area contributed by atoms with Crippen molar-refractivity contribution in [2.45, 2.75) is 32.1 Å². The number of anilines is 6. The fraction of sp³-hybridized carbons (Fsp3) is 0.0769. The molecule has 1 aliphatic rings. The van der Waals surface area contributed by atoms with Gasteiger partial charge in [0.15, 0.2) is 0 Å². The van der Waals surface area contributed by atoms with E-state index in [4.69, 9.17) is 13.3 Å². The molecule has 0 fully saturated rings. The van der Waals surface area contributed by atoms with Crippen LogP contribution in [0.25, 0.3) is 98.1 Å². The molecule has 3 aromatic heterocycles. The molecule has 3 heterocycles. The van der Waals surface area contributed by atoms with Crippen LogP contribution in [-0.4, -0.2) is 0 Å².